The molecular formula is C10H11FN2O. The standard InChI is InChI=1S/C10H11FN2O/c11-9-2-8(5-13-6-9)10(14)1-7-3-12-4-7/h2,5-7,12H,1,3-4H2. The van der Waals surface area contributed by atoms with Gasteiger partial charge in [0.1, 0.15) is 5.82 Å². The number of carbonyl (C=O) groups excluding carboxylic acids is 1. The molecule has 0 unspecified atom stereocenters. The van der Waals surface area contributed by atoms with Crippen LogP contribution < -0.4 is 5.32 Å². The maximum absolute atomic E-state index is 12.7. The minimum Gasteiger partial charge on any atom is -0.316 e. The lowest BCUT2D eigenvalue weighted by Gasteiger charge is -2.26. The van der Waals surface area contributed by atoms with Gasteiger partial charge in [-0.2, -0.15) is 0 Å². The molecule has 1 aliphatic rings. The minimum atomic E-state index is -0.456. The molecule has 0 saturated carbocycles. The van der Waals surface area contributed by atoms with Crippen LogP contribution in [0.4, 0.5) is 4.39 Å². The first-order chi connectivity index (χ1) is 6.75. The van der Waals surface area contributed by atoms with E-state index in [9.17, 15) is 9.18 Å². The number of halogens is 1. The quantitative estimate of drug-likeness (QED) is 0.730. The van der Waals surface area contributed by atoms with Gasteiger partial charge in [-0.3, -0.25) is 9.78 Å². The van der Waals surface area contributed by atoms with Crippen molar-refractivity contribution in [3.05, 3.63) is 29.8 Å². The van der Waals surface area contributed by atoms with E-state index in [2.05, 4.69) is 10.3 Å². The van der Waals surface area contributed by atoms with Crippen LogP contribution >= 0.6 is 0 Å². The smallest absolute Gasteiger partial charge is 0.164 e. The molecule has 1 aromatic heterocycles. The molecular weight excluding hydrogens is 183 g/mol. The summed E-state index contributed by atoms with van der Waals surface area (Å²) in [4.78, 5) is 15.2. The molecule has 0 aliphatic carbocycles. The molecule has 1 N–H and O–H groups in total. The van der Waals surface area contributed by atoms with Gasteiger partial charge in [-0.05, 0) is 25.1 Å². The van der Waals surface area contributed by atoms with Gasteiger partial charge < -0.3 is 5.32 Å². The summed E-state index contributed by atoms with van der Waals surface area (Å²) in [5.41, 5.74) is 0.372. The molecule has 2 heterocycles. The van der Waals surface area contributed by atoms with Crippen LogP contribution in [0, 0.1) is 11.7 Å². The first-order valence-corrected chi connectivity index (χ1v) is 4.60. The van der Waals surface area contributed by atoms with Crippen molar-refractivity contribution in [1.29, 1.82) is 0 Å². The van der Waals surface area contributed by atoms with Crippen molar-refractivity contribution in [2.24, 2.45) is 5.92 Å². The number of pyridine rings is 1. The van der Waals surface area contributed by atoms with Crippen LogP contribution in [0.15, 0.2) is 18.5 Å². The fourth-order valence-electron chi connectivity index (χ4n) is 1.44. The van der Waals surface area contributed by atoms with E-state index in [0.717, 1.165) is 19.3 Å². The van der Waals surface area contributed by atoms with Gasteiger partial charge in [0.05, 0.1) is 6.20 Å². The second kappa shape index (κ2) is 3.84. The molecule has 0 spiro atoms. The van der Waals surface area contributed by atoms with Crippen molar-refractivity contribution in [2.75, 3.05) is 13.1 Å². The van der Waals surface area contributed by atoms with Gasteiger partial charge >= 0.3 is 0 Å². The number of ketones is 1. The Bertz CT molecular complexity index is 350. The Balaban J connectivity index is 2.02. The highest BCUT2D eigenvalue weighted by Gasteiger charge is 2.21. The summed E-state index contributed by atoms with van der Waals surface area (Å²) in [5, 5.41) is 3.09. The Morgan fingerprint density at radius 2 is 2.36 bits per heavy atom. The number of aromatic nitrogens is 1. The lowest BCUT2D eigenvalue weighted by atomic mass is 9.94. The van der Waals surface area contributed by atoms with Crippen LogP contribution in [0.2, 0.25) is 0 Å². The topological polar surface area (TPSA) is 42.0 Å². The van der Waals surface area contributed by atoms with Crippen molar-refractivity contribution in [1.82, 2.24) is 10.3 Å². The van der Waals surface area contributed by atoms with Crippen LogP contribution in [-0.2, 0) is 0 Å². The van der Waals surface area contributed by atoms with Gasteiger partial charge in [0, 0.05) is 18.2 Å². The van der Waals surface area contributed by atoms with Crippen molar-refractivity contribution < 1.29 is 9.18 Å². The Hall–Kier alpha value is -1.29. The largest absolute Gasteiger partial charge is 0.316 e. The molecule has 14 heavy (non-hydrogen) atoms. The predicted molar refractivity (Wildman–Crippen MR) is 49.5 cm³/mol. The lowest BCUT2D eigenvalue weighted by molar-refractivity contribution is 0.0944. The predicted octanol–water partition coefficient (Wildman–Crippen LogP) is 1.01. The molecule has 0 bridgehead atoms. The summed E-state index contributed by atoms with van der Waals surface area (Å²) in [7, 11) is 0. The Labute approximate surface area is 81.3 Å². The summed E-state index contributed by atoms with van der Waals surface area (Å²) < 4.78 is 12.7. The molecule has 0 amide bonds. The van der Waals surface area contributed by atoms with Gasteiger partial charge in [-0.15, -0.1) is 0 Å². The Morgan fingerprint density at radius 1 is 1.57 bits per heavy atom. The average molecular weight is 194 g/mol. The highest BCUT2D eigenvalue weighted by Crippen LogP contribution is 2.13. The van der Waals surface area contributed by atoms with E-state index >= 15 is 0 Å². The van der Waals surface area contributed by atoms with Crippen molar-refractivity contribution in [3.8, 4) is 0 Å². The summed E-state index contributed by atoms with van der Waals surface area (Å²) in [5.74, 6) is -0.0724. The molecule has 4 heteroatoms. The van der Waals surface area contributed by atoms with E-state index < -0.39 is 5.82 Å². The number of hydrogen-bond donors (Lipinski definition) is 1. The van der Waals surface area contributed by atoms with E-state index in [0.29, 0.717) is 17.9 Å². The Kier molecular flexibility index (Phi) is 2.54. The lowest BCUT2D eigenvalue weighted by Crippen LogP contribution is -2.42. The fourth-order valence-corrected chi connectivity index (χ4v) is 1.44. The van der Waals surface area contributed by atoms with E-state index in [1.165, 1.54) is 12.3 Å². The summed E-state index contributed by atoms with van der Waals surface area (Å²) in [6.07, 6.45) is 3.00. The van der Waals surface area contributed by atoms with E-state index in [-0.39, 0.29) is 5.78 Å². The normalized spacial score (nSPS) is 16.4. The molecule has 0 aromatic carbocycles. The third kappa shape index (κ3) is 1.96. The third-order valence-electron chi connectivity index (χ3n) is 2.37. The second-order valence-electron chi connectivity index (χ2n) is 3.54. The SMILES string of the molecule is O=C(CC1CNC1)c1cncc(F)c1. The van der Waals surface area contributed by atoms with Crippen molar-refractivity contribution in [2.45, 2.75) is 6.42 Å². The zero-order valence-electron chi connectivity index (χ0n) is 7.66. The first-order valence-electron chi connectivity index (χ1n) is 4.60. The summed E-state index contributed by atoms with van der Waals surface area (Å²) >= 11 is 0. The van der Waals surface area contributed by atoms with E-state index in [1.54, 1.807) is 0 Å². The average Bonchev–Trinajstić information content (AvgIpc) is 2.11. The van der Waals surface area contributed by atoms with Crippen LogP contribution in [0.1, 0.15) is 16.8 Å². The van der Waals surface area contributed by atoms with Gasteiger partial charge in [-0.1, -0.05) is 0 Å². The fraction of sp³-hybridized carbons (Fsp3) is 0.400. The highest BCUT2D eigenvalue weighted by atomic mass is 19.1. The van der Waals surface area contributed by atoms with Gasteiger partial charge in [0.25, 0.3) is 0 Å². The number of carbonyl (C=O) groups is 1. The van der Waals surface area contributed by atoms with E-state index in [4.69, 9.17) is 0 Å². The molecule has 3 nitrogen and oxygen atoms in total. The molecule has 1 fully saturated rings. The monoisotopic (exact) mass is 194 g/mol. The van der Waals surface area contributed by atoms with Crippen LogP contribution in [-0.4, -0.2) is 23.9 Å². The van der Waals surface area contributed by atoms with Crippen molar-refractivity contribution in [3.63, 3.8) is 0 Å². The van der Waals surface area contributed by atoms with Crippen LogP contribution in [0.5, 0.6) is 0 Å². The first kappa shape index (κ1) is 9.27. The molecule has 0 atom stereocenters. The third-order valence-corrected chi connectivity index (χ3v) is 2.37. The van der Waals surface area contributed by atoms with Crippen LogP contribution in [0.25, 0.3) is 0 Å². The van der Waals surface area contributed by atoms with Crippen LogP contribution in [0.3, 0.4) is 0 Å². The number of nitrogens with zero attached hydrogens (tertiary/aromatic N) is 1. The molecule has 0 radical (unpaired) electrons. The molecule has 1 aliphatic heterocycles. The number of hydrogen-bond acceptors (Lipinski definition) is 3. The minimum absolute atomic E-state index is 0.0245. The summed E-state index contributed by atoms with van der Waals surface area (Å²) in [6.45, 7) is 1.77. The molecule has 74 valence electrons. The number of nitrogens with one attached hydrogen (secondary N) is 1. The van der Waals surface area contributed by atoms with Gasteiger partial charge in [0.2, 0.25) is 0 Å². The maximum Gasteiger partial charge on any atom is 0.164 e. The number of Topliss-reactive ketones (excluding diaryl/α,β-unsaturated/α-hetero) is 1. The molecule has 1 saturated heterocycles. The molecule has 2 rings (SSSR count). The highest BCUT2D eigenvalue weighted by molar-refractivity contribution is 5.95. The van der Waals surface area contributed by atoms with Gasteiger partial charge in [0.15, 0.2) is 5.78 Å². The maximum atomic E-state index is 12.7. The number of rotatable bonds is 3. The summed E-state index contributed by atoms with van der Waals surface area (Å²) in [6, 6.07) is 1.24. The Morgan fingerprint density at radius 3 is 2.93 bits per heavy atom. The van der Waals surface area contributed by atoms with E-state index in [1.807, 2.05) is 0 Å². The molecule has 1 aromatic rings. The zero-order valence-corrected chi connectivity index (χ0v) is 7.66. The van der Waals surface area contributed by atoms with Crippen molar-refractivity contribution >= 4 is 5.78 Å². The van der Waals surface area contributed by atoms with Gasteiger partial charge in [-0.25, -0.2) is 4.39 Å². The second-order valence-corrected chi connectivity index (χ2v) is 3.54. The zero-order chi connectivity index (χ0) is 9.97.